The Morgan fingerprint density at radius 2 is 2.06 bits per heavy atom. The molecular formula is C10H8F5NO2. The van der Waals surface area contributed by atoms with E-state index in [4.69, 9.17) is 0 Å². The maximum atomic E-state index is 12.7. The lowest BCUT2D eigenvalue weighted by atomic mass is 10.2. The average Bonchev–Trinajstić information content (AvgIpc) is 2.28. The number of ether oxygens (including phenoxy) is 1. The summed E-state index contributed by atoms with van der Waals surface area (Å²) in [5, 5.41) is 0. The van der Waals surface area contributed by atoms with Gasteiger partial charge in [-0.15, -0.1) is 0 Å². The van der Waals surface area contributed by atoms with Crippen molar-refractivity contribution in [1.82, 2.24) is 4.98 Å². The van der Waals surface area contributed by atoms with Crippen LogP contribution in [0.5, 0.6) is 0 Å². The van der Waals surface area contributed by atoms with Gasteiger partial charge >= 0.3 is 12.3 Å². The molecule has 3 nitrogen and oxygen atoms in total. The SMILES string of the molecule is O=C(COCC(F)(F)C(F)F)c1cncc(F)c1. The molecule has 8 heteroatoms. The van der Waals surface area contributed by atoms with Crippen molar-refractivity contribution in [1.29, 1.82) is 0 Å². The molecule has 0 saturated carbocycles. The van der Waals surface area contributed by atoms with Gasteiger partial charge in [-0.2, -0.15) is 8.78 Å². The average molecular weight is 269 g/mol. The second-order valence-electron chi connectivity index (χ2n) is 3.37. The lowest BCUT2D eigenvalue weighted by Gasteiger charge is -2.14. The molecule has 0 atom stereocenters. The van der Waals surface area contributed by atoms with Crippen molar-refractivity contribution in [2.24, 2.45) is 0 Å². The van der Waals surface area contributed by atoms with Gasteiger partial charge in [-0.05, 0) is 6.07 Å². The highest BCUT2D eigenvalue weighted by atomic mass is 19.3. The second kappa shape index (κ2) is 5.85. The van der Waals surface area contributed by atoms with Crippen molar-refractivity contribution in [3.8, 4) is 0 Å². The molecule has 0 radical (unpaired) electrons. The Labute approximate surface area is 98.6 Å². The van der Waals surface area contributed by atoms with E-state index in [0.29, 0.717) is 0 Å². The van der Waals surface area contributed by atoms with E-state index in [1.807, 2.05) is 0 Å². The topological polar surface area (TPSA) is 39.2 Å². The minimum Gasteiger partial charge on any atom is -0.367 e. The molecule has 1 aromatic heterocycles. The van der Waals surface area contributed by atoms with Gasteiger partial charge in [-0.25, -0.2) is 13.2 Å². The van der Waals surface area contributed by atoms with E-state index in [9.17, 15) is 26.7 Å². The van der Waals surface area contributed by atoms with Crippen LogP contribution in [0, 0.1) is 5.82 Å². The van der Waals surface area contributed by atoms with Crippen molar-refractivity contribution >= 4 is 5.78 Å². The van der Waals surface area contributed by atoms with E-state index in [1.54, 1.807) is 0 Å². The molecule has 1 rings (SSSR count). The van der Waals surface area contributed by atoms with Crippen LogP contribution in [0.2, 0.25) is 0 Å². The largest absolute Gasteiger partial charge is 0.367 e. The zero-order chi connectivity index (χ0) is 13.8. The molecule has 1 heterocycles. The molecule has 0 fully saturated rings. The highest BCUT2D eigenvalue weighted by molar-refractivity contribution is 5.96. The number of hydrogen-bond donors (Lipinski definition) is 0. The van der Waals surface area contributed by atoms with Gasteiger partial charge in [0.05, 0.1) is 6.20 Å². The molecule has 1 aromatic rings. The zero-order valence-electron chi connectivity index (χ0n) is 8.88. The lowest BCUT2D eigenvalue weighted by Crippen LogP contribution is -2.33. The smallest absolute Gasteiger partial charge is 0.330 e. The van der Waals surface area contributed by atoms with E-state index in [2.05, 4.69) is 9.72 Å². The molecule has 0 amide bonds. The van der Waals surface area contributed by atoms with Gasteiger partial charge in [0.2, 0.25) is 0 Å². The summed E-state index contributed by atoms with van der Waals surface area (Å²) < 4.78 is 65.1. The third kappa shape index (κ3) is 4.02. The third-order valence-corrected chi connectivity index (χ3v) is 1.87. The summed E-state index contributed by atoms with van der Waals surface area (Å²) in [5.41, 5.74) is -0.185. The first-order valence-electron chi connectivity index (χ1n) is 4.70. The number of hydrogen-bond acceptors (Lipinski definition) is 3. The van der Waals surface area contributed by atoms with Crippen molar-refractivity contribution in [2.75, 3.05) is 13.2 Å². The first-order chi connectivity index (χ1) is 8.33. The summed E-state index contributed by atoms with van der Waals surface area (Å²) in [7, 11) is 0. The maximum Gasteiger partial charge on any atom is 0.330 e. The van der Waals surface area contributed by atoms with Gasteiger partial charge in [0.25, 0.3) is 0 Å². The van der Waals surface area contributed by atoms with Gasteiger partial charge in [0.1, 0.15) is 19.0 Å². The van der Waals surface area contributed by atoms with E-state index >= 15 is 0 Å². The van der Waals surface area contributed by atoms with Crippen LogP contribution in [-0.2, 0) is 4.74 Å². The van der Waals surface area contributed by atoms with Crippen LogP contribution in [0.1, 0.15) is 10.4 Å². The fraction of sp³-hybridized carbons (Fsp3) is 0.400. The number of alkyl halides is 4. The summed E-state index contributed by atoms with van der Waals surface area (Å²) in [6.07, 6.45) is -2.01. The summed E-state index contributed by atoms with van der Waals surface area (Å²) >= 11 is 0. The number of halogens is 5. The maximum absolute atomic E-state index is 12.7. The Kier molecular flexibility index (Phi) is 4.71. The predicted octanol–water partition coefficient (Wildman–Crippen LogP) is 2.32. The predicted molar refractivity (Wildman–Crippen MR) is 50.3 cm³/mol. The number of nitrogens with zero attached hydrogens (tertiary/aromatic N) is 1. The van der Waals surface area contributed by atoms with Gasteiger partial charge < -0.3 is 4.74 Å². The van der Waals surface area contributed by atoms with Crippen LogP contribution < -0.4 is 0 Å². The minimum atomic E-state index is -4.32. The number of Topliss-reactive ketones (excluding diaryl/α,β-unsaturated/α-hetero) is 1. The number of carbonyl (C=O) groups is 1. The third-order valence-electron chi connectivity index (χ3n) is 1.87. The molecule has 0 spiro atoms. The van der Waals surface area contributed by atoms with E-state index in [1.165, 1.54) is 0 Å². The van der Waals surface area contributed by atoms with E-state index in [-0.39, 0.29) is 5.56 Å². The molecule has 0 aliphatic rings. The monoisotopic (exact) mass is 269 g/mol. The normalized spacial score (nSPS) is 11.9. The molecule has 0 aromatic carbocycles. The number of rotatable bonds is 6. The number of carbonyl (C=O) groups excluding carboxylic acids is 1. The fourth-order valence-corrected chi connectivity index (χ4v) is 0.990. The van der Waals surface area contributed by atoms with Crippen molar-refractivity contribution in [3.63, 3.8) is 0 Å². The van der Waals surface area contributed by atoms with Crippen LogP contribution in [-0.4, -0.2) is 36.3 Å². The van der Waals surface area contributed by atoms with Gasteiger partial charge in [-0.3, -0.25) is 9.78 Å². The van der Waals surface area contributed by atoms with Crippen LogP contribution >= 0.6 is 0 Å². The van der Waals surface area contributed by atoms with E-state index in [0.717, 1.165) is 18.5 Å². The summed E-state index contributed by atoms with van der Waals surface area (Å²) in [6.45, 7) is -2.44. The summed E-state index contributed by atoms with van der Waals surface area (Å²) in [6, 6.07) is 0.837. The standard InChI is InChI=1S/C10H8F5NO2/c11-7-1-6(2-16-3-7)8(17)4-18-5-10(14,15)9(12)13/h1-3,9H,4-5H2. The lowest BCUT2D eigenvalue weighted by molar-refractivity contribution is -0.163. The molecule has 0 aliphatic heterocycles. The quantitative estimate of drug-likeness (QED) is 0.587. The van der Waals surface area contributed by atoms with Crippen LogP contribution in [0.25, 0.3) is 0 Å². The Morgan fingerprint density at radius 1 is 1.39 bits per heavy atom. The molecule has 18 heavy (non-hydrogen) atoms. The minimum absolute atomic E-state index is 0.185. The fourth-order valence-electron chi connectivity index (χ4n) is 0.990. The van der Waals surface area contributed by atoms with E-state index < -0.39 is 37.2 Å². The van der Waals surface area contributed by atoms with Gasteiger partial charge in [-0.1, -0.05) is 0 Å². The summed E-state index contributed by atoms with van der Waals surface area (Å²) in [4.78, 5) is 14.7. The van der Waals surface area contributed by atoms with Crippen molar-refractivity contribution in [2.45, 2.75) is 12.3 Å². The summed E-state index contributed by atoms with van der Waals surface area (Å²) in [5.74, 6) is -5.92. The first kappa shape index (κ1) is 14.5. The molecule has 0 saturated heterocycles. The molecule has 100 valence electrons. The molecule has 0 bridgehead atoms. The van der Waals surface area contributed by atoms with Crippen LogP contribution in [0.15, 0.2) is 18.5 Å². The van der Waals surface area contributed by atoms with Crippen LogP contribution in [0.4, 0.5) is 22.0 Å². The second-order valence-corrected chi connectivity index (χ2v) is 3.37. The van der Waals surface area contributed by atoms with Gasteiger partial charge in [0, 0.05) is 11.8 Å². The first-order valence-corrected chi connectivity index (χ1v) is 4.70. The Bertz CT molecular complexity index is 424. The number of pyridine rings is 1. The molecule has 0 N–H and O–H groups in total. The Morgan fingerprint density at radius 3 is 2.61 bits per heavy atom. The molecule has 0 aliphatic carbocycles. The van der Waals surface area contributed by atoms with Crippen molar-refractivity contribution < 1.29 is 31.5 Å². The number of ketones is 1. The highest BCUT2D eigenvalue weighted by Crippen LogP contribution is 2.22. The highest BCUT2D eigenvalue weighted by Gasteiger charge is 2.41. The zero-order valence-corrected chi connectivity index (χ0v) is 8.88. The van der Waals surface area contributed by atoms with Gasteiger partial charge in [0.15, 0.2) is 5.78 Å². The van der Waals surface area contributed by atoms with Crippen LogP contribution in [0.3, 0.4) is 0 Å². The Balaban J connectivity index is 2.48. The van der Waals surface area contributed by atoms with Crippen molar-refractivity contribution in [3.05, 3.63) is 29.8 Å². The molecule has 0 unspecified atom stereocenters. The Hall–Kier alpha value is -1.57. The number of aromatic nitrogens is 1. The molecular weight excluding hydrogens is 261 g/mol.